The molecule has 1 aliphatic heterocycles. The SMILES string of the molecule is COc1ccc([C@@H]2C3=C(CCCC3=O)Nc3cc(OC)cc(OC)c32)c(OC)c1. The Labute approximate surface area is 170 Å². The zero-order valence-electron chi connectivity index (χ0n) is 17.1. The van der Waals surface area contributed by atoms with Crippen molar-refractivity contribution in [1.82, 2.24) is 0 Å². The Kier molecular flexibility index (Phi) is 5.09. The van der Waals surface area contributed by atoms with Crippen LogP contribution in [0.3, 0.4) is 0 Å². The van der Waals surface area contributed by atoms with Crippen LogP contribution in [0.4, 0.5) is 5.69 Å². The number of rotatable bonds is 5. The second-order valence-corrected chi connectivity index (χ2v) is 7.13. The van der Waals surface area contributed by atoms with Crippen molar-refractivity contribution in [3.63, 3.8) is 0 Å². The average Bonchev–Trinajstić information content (AvgIpc) is 2.76. The Bertz CT molecular complexity index is 995. The summed E-state index contributed by atoms with van der Waals surface area (Å²) in [6.07, 6.45) is 2.21. The highest BCUT2D eigenvalue weighted by molar-refractivity contribution is 6.01. The molecule has 1 aliphatic carbocycles. The molecule has 1 N–H and O–H groups in total. The number of methoxy groups -OCH3 is 4. The second kappa shape index (κ2) is 7.70. The Hall–Kier alpha value is -3.15. The van der Waals surface area contributed by atoms with Crippen molar-refractivity contribution in [1.29, 1.82) is 0 Å². The molecule has 0 aromatic heterocycles. The second-order valence-electron chi connectivity index (χ2n) is 7.13. The normalized spacial score (nSPS) is 17.8. The van der Waals surface area contributed by atoms with Gasteiger partial charge in [0.05, 0.1) is 28.4 Å². The first kappa shape index (κ1) is 19.2. The van der Waals surface area contributed by atoms with E-state index in [9.17, 15) is 4.79 Å². The number of Topliss-reactive ketones (excluding diaryl/α,β-unsaturated/α-hetero) is 1. The zero-order valence-corrected chi connectivity index (χ0v) is 17.1. The maximum Gasteiger partial charge on any atom is 0.161 e. The van der Waals surface area contributed by atoms with Gasteiger partial charge in [0.2, 0.25) is 0 Å². The summed E-state index contributed by atoms with van der Waals surface area (Å²) in [6, 6.07) is 9.50. The van der Waals surface area contributed by atoms with Gasteiger partial charge in [0.15, 0.2) is 5.78 Å². The number of ether oxygens (including phenoxy) is 4. The Morgan fingerprint density at radius 1 is 0.862 bits per heavy atom. The van der Waals surface area contributed by atoms with Crippen LogP contribution in [0.1, 0.15) is 36.3 Å². The van der Waals surface area contributed by atoms with Crippen molar-refractivity contribution in [3.8, 4) is 23.0 Å². The van der Waals surface area contributed by atoms with Crippen LogP contribution in [0.5, 0.6) is 23.0 Å². The molecular weight excluding hydrogens is 370 g/mol. The lowest BCUT2D eigenvalue weighted by Crippen LogP contribution is -2.27. The van der Waals surface area contributed by atoms with E-state index in [1.165, 1.54) is 0 Å². The van der Waals surface area contributed by atoms with E-state index in [4.69, 9.17) is 18.9 Å². The average molecular weight is 395 g/mol. The van der Waals surface area contributed by atoms with Gasteiger partial charge in [0.25, 0.3) is 0 Å². The number of carbonyl (C=O) groups is 1. The van der Waals surface area contributed by atoms with E-state index in [0.29, 0.717) is 29.4 Å². The Morgan fingerprint density at radius 2 is 1.59 bits per heavy atom. The molecule has 0 unspecified atom stereocenters. The first-order valence-electron chi connectivity index (χ1n) is 9.62. The van der Waals surface area contributed by atoms with Gasteiger partial charge in [-0.05, 0) is 18.9 Å². The summed E-state index contributed by atoms with van der Waals surface area (Å²) in [5.41, 5.74) is 4.45. The Balaban J connectivity index is 2.00. The molecule has 152 valence electrons. The van der Waals surface area contributed by atoms with Crippen LogP contribution in [-0.4, -0.2) is 34.2 Å². The number of benzene rings is 2. The third-order valence-electron chi connectivity index (χ3n) is 5.64. The summed E-state index contributed by atoms with van der Waals surface area (Å²) in [6.45, 7) is 0. The minimum Gasteiger partial charge on any atom is -0.497 e. The zero-order chi connectivity index (χ0) is 20.5. The van der Waals surface area contributed by atoms with Gasteiger partial charge in [-0.25, -0.2) is 0 Å². The summed E-state index contributed by atoms with van der Waals surface area (Å²) in [7, 11) is 6.51. The predicted octanol–water partition coefficient (Wildman–Crippen LogP) is 4.29. The van der Waals surface area contributed by atoms with E-state index in [1.54, 1.807) is 28.4 Å². The number of ketones is 1. The van der Waals surface area contributed by atoms with Crippen molar-refractivity contribution in [2.45, 2.75) is 25.2 Å². The molecule has 29 heavy (non-hydrogen) atoms. The number of anilines is 1. The van der Waals surface area contributed by atoms with Gasteiger partial charge >= 0.3 is 0 Å². The van der Waals surface area contributed by atoms with Crippen LogP contribution < -0.4 is 24.3 Å². The third kappa shape index (κ3) is 3.18. The van der Waals surface area contributed by atoms with E-state index in [2.05, 4.69) is 5.32 Å². The molecule has 4 rings (SSSR count). The number of hydrogen-bond donors (Lipinski definition) is 1. The van der Waals surface area contributed by atoms with Gasteiger partial charge in [-0.3, -0.25) is 4.79 Å². The van der Waals surface area contributed by atoms with E-state index in [1.807, 2.05) is 30.3 Å². The van der Waals surface area contributed by atoms with Crippen LogP contribution in [0, 0.1) is 0 Å². The Morgan fingerprint density at radius 3 is 2.28 bits per heavy atom. The summed E-state index contributed by atoms with van der Waals surface area (Å²) in [5.74, 6) is 2.59. The van der Waals surface area contributed by atoms with Crippen molar-refractivity contribution in [2.75, 3.05) is 33.8 Å². The fraction of sp³-hybridized carbons (Fsp3) is 0.348. The topological polar surface area (TPSA) is 66.0 Å². The number of hydrogen-bond acceptors (Lipinski definition) is 6. The first-order chi connectivity index (χ1) is 14.1. The van der Waals surface area contributed by atoms with Crippen LogP contribution in [0.25, 0.3) is 0 Å². The fourth-order valence-corrected chi connectivity index (χ4v) is 4.29. The lowest BCUT2D eigenvalue weighted by molar-refractivity contribution is -0.116. The van der Waals surface area contributed by atoms with Gasteiger partial charge in [-0.1, -0.05) is 6.07 Å². The van der Waals surface area contributed by atoms with Crippen molar-refractivity contribution < 1.29 is 23.7 Å². The van der Waals surface area contributed by atoms with Crippen LogP contribution in [0.2, 0.25) is 0 Å². The fourth-order valence-electron chi connectivity index (χ4n) is 4.29. The summed E-state index contributed by atoms with van der Waals surface area (Å²) < 4.78 is 22.2. The lowest BCUT2D eigenvalue weighted by Gasteiger charge is -2.35. The van der Waals surface area contributed by atoms with Gasteiger partial charge < -0.3 is 24.3 Å². The minimum absolute atomic E-state index is 0.158. The predicted molar refractivity (Wildman–Crippen MR) is 110 cm³/mol. The third-order valence-corrected chi connectivity index (χ3v) is 5.64. The standard InChI is InChI=1S/C23H25NO5/c1-26-13-8-9-15(19(11-13)28-3)21-22-16(6-5-7-18(22)25)24-17-10-14(27-2)12-20(29-4)23(17)21/h8-12,21,24H,5-7H2,1-4H3/t21-/m1/s1. The van der Waals surface area contributed by atoms with Gasteiger partial charge in [-0.15, -0.1) is 0 Å². The molecule has 0 spiro atoms. The van der Waals surface area contributed by atoms with Gasteiger partial charge in [-0.2, -0.15) is 0 Å². The first-order valence-corrected chi connectivity index (χ1v) is 9.62. The van der Waals surface area contributed by atoms with Crippen LogP contribution in [0.15, 0.2) is 41.6 Å². The maximum absolute atomic E-state index is 13.0. The summed E-state index contributed by atoms with van der Waals surface area (Å²) in [5, 5.41) is 3.47. The van der Waals surface area contributed by atoms with Gasteiger partial charge in [0, 0.05) is 58.6 Å². The van der Waals surface area contributed by atoms with Crippen molar-refractivity contribution in [2.24, 2.45) is 0 Å². The molecular formula is C23H25NO5. The van der Waals surface area contributed by atoms with E-state index >= 15 is 0 Å². The molecule has 0 fully saturated rings. The van der Waals surface area contributed by atoms with E-state index in [0.717, 1.165) is 40.9 Å². The quantitative estimate of drug-likeness (QED) is 0.815. The van der Waals surface area contributed by atoms with Crippen LogP contribution >= 0.6 is 0 Å². The highest BCUT2D eigenvalue weighted by Crippen LogP contribution is 2.52. The monoisotopic (exact) mass is 395 g/mol. The van der Waals surface area contributed by atoms with Crippen LogP contribution in [-0.2, 0) is 4.79 Å². The molecule has 6 nitrogen and oxygen atoms in total. The molecule has 0 amide bonds. The molecule has 0 saturated carbocycles. The molecule has 1 heterocycles. The summed E-state index contributed by atoms with van der Waals surface area (Å²) >= 11 is 0. The minimum atomic E-state index is -0.296. The lowest BCUT2D eigenvalue weighted by atomic mass is 9.75. The maximum atomic E-state index is 13.0. The van der Waals surface area contributed by atoms with E-state index < -0.39 is 0 Å². The highest BCUT2D eigenvalue weighted by Gasteiger charge is 2.38. The molecule has 1 atom stereocenters. The summed E-state index contributed by atoms with van der Waals surface area (Å²) in [4.78, 5) is 13.0. The van der Waals surface area contributed by atoms with Crippen molar-refractivity contribution in [3.05, 3.63) is 52.7 Å². The molecule has 0 saturated heterocycles. The molecule has 0 bridgehead atoms. The molecule has 2 aromatic rings. The van der Waals surface area contributed by atoms with E-state index in [-0.39, 0.29) is 11.7 Å². The largest absolute Gasteiger partial charge is 0.497 e. The number of allylic oxidation sites excluding steroid dienone is 2. The number of fused-ring (bicyclic) bond motifs is 1. The molecule has 0 radical (unpaired) electrons. The molecule has 6 heteroatoms. The van der Waals surface area contributed by atoms with Crippen molar-refractivity contribution >= 4 is 11.5 Å². The smallest absolute Gasteiger partial charge is 0.161 e. The number of nitrogens with one attached hydrogen (secondary N) is 1. The highest BCUT2D eigenvalue weighted by atomic mass is 16.5. The van der Waals surface area contributed by atoms with Gasteiger partial charge in [0.1, 0.15) is 23.0 Å². The number of carbonyl (C=O) groups excluding carboxylic acids is 1. The molecule has 2 aromatic carbocycles. The molecule has 2 aliphatic rings.